The maximum atomic E-state index is 12.3. The first-order valence-electron chi connectivity index (χ1n) is 7.75. The molecule has 0 fully saturated rings. The number of aromatic nitrogens is 3. The van der Waals surface area contributed by atoms with E-state index in [1.54, 1.807) is 6.20 Å². The molecule has 0 aliphatic heterocycles. The second kappa shape index (κ2) is 6.87. The molecule has 1 unspecified atom stereocenters. The van der Waals surface area contributed by atoms with Crippen LogP contribution in [-0.2, 0) is 0 Å². The monoisotopic (exact) mass is 304 g/mol. The number of rotatable bonds is 6. The van der Waals surface area contributed by atoms with Crippen molar-refractivity contribution in [3.63, 3.8) is 0 Å². The van der Waals surface area contributed by atoms with Crippen LogP contribution in [0.4, 0.5) is 0 Å². The van der Waals surface area contributed by atoms with E-state index in [0.29, 0.717) is 30.6 Å². The Morgan fingerprint density at radius 3 is 2.82 bits per heavy atom. The topological polar surface area (TPSA) is 80.0 Å². The predicted octanol–water partition coefficient (Wildman–Crippen LogP) is 2.21. The molecule has 0 aliphatic carbocycles. The van der Waals surface area contributed by atoms with Gasteiger partial charge >= 0.3 is 0 Å². The lowest BCUT2D eigenvalue weighted by Gasteiger charge is -2.11. The Labute approximate surface area is 130 Å². The van der Waals surface area contributed by atoms with E-state index in [-0.39, 0.29) is 18.1 Å². The van der Waals surface area contributed by atoms with Crippen LogP contribution in [0.15, 0.2) is 12.3 Å². The number of hydrogen-bond donors (Lipinski definition) is 2. The van der Waals surface area contributed by atoms with Gasteiger partial charge in [0.25, 0.3) is 5.91 Å². The average molecular weight is 304 g/mol. The van der Waals surface area contributed by atoms with Gasteiger partial charge in [0.15, 0.2) is 5.65 Å². The summed E-state index contributed by atoms with van der Waals surface area (Å²) in [5.41, 5.74) is 2.04. The number of aryl methyl sites for hydroxylation is 1. The van der Waals surface area contributed by atoms with E-state index in [1.807, 2.05) is 38.4 Å². The van der Waals surface area contributed by atoms with E-state index >= 15 is 0 Å². The standard InChI is InChI=1S/C16H24N4O2/c1-5-13(21)6-7-17-16(22)14-8-12-9-18-20(10(2)3)15(12)19-11(14)4/h8-10,13,21H,5-7H2,1-4H3,(H,17,22). The summed E-state index contributed by atoms with van der Waals surface area (Å²) in [6.45, 7) is 8.29. The number of amides is 1. The van der Waals surface area contributed by atoms with Crippen molar-refractivity contribution < 1.29 is 9.90 Å². The summed E-state index contributed by atoms with van der Waals surface area (Å²) < 4.78 is 1.85. The number of nitrogens with zero attached hydrogens (tertiary/aromatic N) is 3. The van der Waals surface area contributed by atoms with Crippen LogP contribution in [0.3, 0.4) is 0 Å². The van der Waals surface area contributed by atoms with Gasteiger partial charge in [-0.1, -0.05) is 6.92 Å². The quantitative estimate of drug-likeness (QED) is 0.857. The van der Waals surface area contributed by atoms with Crippen LogP contribution in [0.2, 0.25) is 0 Å². The van der Waals surface area contributed by atoms with E-state index in [9.17, 15) is 9.90 Å². The van der Waals surface area contributed by atoms with Crippen molar-refractivity contribution >= 4 is 16.9 Å². The van der Waals surface area contributed by atoms with Crippen LogP contribution in [0, 0.1) is 6.92 Å². The maximum absolute atomic E-state index is 12.3. The summed E-state index contributed by atoms with van der Waals surface area (Å²) in [6.07, 6.45) is 2.62. The van der Waals surface area contributed by atoms with Gasteiger partial charge in [-0.2, -0.15) is 5.10 Å². The van der Waals surface area contributed by atoms with Crippen LogP contribution in [0.5, 0.6) is 0 Å². The normalized spacial score (nSPS) is 12.8. The Bertz CT molecular complexity index is 663. The number of carbonyl (C=O) groups is 1. The van der Waals surface area contributed by atoms with Crippen molar-refractivity contribution in [1.29, 1.82) is 0 Å². The molecule has 2 N–H and O–H groups in total. The van der Waals surface area contributed by atoms with Crippen molar-refractivity contribution in [2.45, 2.75) is 52.7 Å². The summed E-state index contributed by atoms with van der Waals surface area (Å²) >= 11 is 0. The SMILES string of the molecule is CCC(O)CCNC(=O)c1cc2cnn(C(C)C)c2nc1C. The highest BCUT2D eigenvalue weighted by atomic mass is 16.3. The molecule has 1 amide bonds. The maximum Gasteiger partial charge on any atom is 0.253 e. The molecular weight excluding hydrogens is 280 g/mol. The molecule has 0 aliphatic rings. The first-order chi connectivity index (χ1) is 10.4. The van der Waals surface area contributed by atoms with Gasteiger partial charge in [-0.25, -0.2) is 9.67 Å². The second-order valence-electron chi connectivity index (χ2n) is 5.82. The highest BCUT2D eigenvalue weighted by Crippen LogP contribution is 2.19. The van der Waals surface area contributed by atoms with Gasteiger partial charge in [0.1, 0.15) is 0 Å². The molecule has 2 aromatic heterocycles. The zero-order chi connectivity index (χ0) is 16.3. The van der Waals surface area contributed by atoms with E-state index in [2.05, 4.69) is 15.4 Å². The molecule has 6 nitrogen and oxygen atoms in total. The molecule has 0 bridgehead atoms. The molecule has 120 valence electrons. The average Bonchev–Trinajstić information content (AvgIpc) is 2.88. The summed E-state index contributed by atoms with van der Waals surface area (Å²) in [5, 5.41) is 17.5. The molecule has 0 saturated heterocycles. The van der Waals surface area contributed by atoms with Crippen LogP contribution < -0.4 is 5.32 Å². The number of fused-ring (bicyclic) bond motifs is 1. The predicted molar refractivity (Wildman–Crippen MR) is 85.9 cm³/mol. The lowest BCUT2D eigenvalue weighted by atomic mass is 10.1. The first kappa shape index (κ1) is 16.4. The largest absolute Gasteiger partial charge is 0.393 e. The summed E-state index contributed by atoms with van der Waals surface area (Å²) in [6, 6.07) is 2.05. The molecule has 2 heterocycles. The fourth-order valence-electron chi connectivity index (χ4n) is 2.33. The smallest absolute Gasteiger partial charge is 0.253 e. The van der Waals surface area contributed by atoms with Crippen LogP contribution in [-0.4, -0.2) is 38.4 Å². The Morgan fingerprint density at radius 2 is 2.18 bits per heavy atom. The van der Waals surface area contributed by atoms with Gasteiger partial charge in [0.05, 0.1) is 23.6 Å². The molecule has 0 aromatic carbocycles. The first-order valence-corrected chi connectivity index (χ1v) is 7.75. The third kappa shape index (κ3) is 3.44. The van der Waals surface area contributed by atoms with E-state index in [1.165, 1.54) is 0 Å². The minimum absolute atomic E-state index is 0.160. The molecule has 6 heteroatoms. The number of nitrogens with one attached hydrogen (secondary N) is 1. The Kier molecular flexibility index (Phi) is 5.13. The van der Waals surface area contributed by atoms with Gasteiger partial charge in [-0.05, 0) is 39.7 Å². The Balaban J connectivity index is 2.17. The summed E-state index contributed by atoms with van der Waals surface area (Å²) in [5.74, 6) is -0.160. The zero-order valence-electron chi connectivity index (χ0n) is 13.6. The van der Waals surface area contributed by atoms with Crippen molar-refractivity contribution in [2.75, 3.05) is 6.54 Å². The van der Waals surface area contributed by atoms with Gasteiger partial charge in [-0.15, -0.1) is 0 Å². The molecule has 2 aromatic rings. The van der Waals surface area contributed by atoms with Crippen LogP contribution >= 0.6 is 0 Å². The van der Waals surface area contributed by atoms with E-state index in [4.69, 9.17) is 0 Å². The lowest BCUT2D eigenvalue weighted by molar-refractivity contribution is 0.0941. The van der Waals surface area contributed by atoms with Crippen molar-refractivity contribution in [1.82, 2.24) is 20.1 Å². The van der Waals surface area contributed by atoms with Gasteiger partial charge < -0.3 is 10.4 Å². The van der Waals surface area contributed by atoms with Gasteiger partial charge in [0.2, 0.25) is 0 Å². The second-order valence-corrected chi connectivity index (χ2v) is 5.82. The minimum Gasteiger partial charge on any atom is -0.393 e. The summed E-state index contributed by atoms with van der Waals surface area (Å²) in [4.78, 5) is 16.8. The number of hydrogen-bond acceptors (Lipinski definition) is 4. The molecule has 0 spiro atoms. The Hall–Kier alpha value is -1.95. The van der Waals surface area contributed by atoms with Crippen molar-refractivity contribution in [3.05, 3.63) is 23.5 Å². The van der Waals surface area contributed by atoms with Gasteiger partial charge in [0, 0.05) is 18.0 Å². The third-order valence-corrected chi connectivity index (χ3v) is 3.73. The molecule has 0 saturated carbocycles. The molecule has 2 rings (SSSR count). The number of aliphatic hydroxyl groups is 1. The van der Waals surface area contributed by atoms with Crippen LogP contribution in [0.1, 0.15) is 55.7 Å². The van der Waals surface area contributed by atoms with E-state index in [0.717, 1.165) is 11.0 Å². The molecule has 22 heavy (non-hydrogen) atoms. The molecule has 0 radical (unpaired) electrons. The number of aliphatic hydroxyl groups excluding tert-OH is 1. The number of pyridine rings is 1. The summed E-state index contributed by atoms with van der Waals surface area (Å²) in [7, 11) is 0. The molecule has 1 atom stereocenters. The van der Waals surface area contributed by atoms with Crippen molar-refractivity contribution in [2.24, 2.45) is 0 Å². The van der Waals surface area contributed by atoms with Crippen LogP contribution in [0.25, 0.3) is 11.0 Å². The third-order valence-electron chi connectivity index (χ3n) is 3.73. The minimum atomic E-state index is -0.369. The molecular formula is C16H24N4O2. The number of carbonyl (C=O) groups excluding carboxylic acids is 1. The van der Waals surface area contributed by atoms with E-state index < -0.39 is 0 Å². The highest BCUT2D eigenvalue weighted by molar-refractivity contribution is 5.98. The highest BCUT2D eigenvalue weighted by Gasteiger charge is 2.15. The zero-order valence-corrected chi connectivity index (χ0v) is 13.6. The Morgan fingerprint density at radius 1 is 1.45 bits per heavy atom. The fourth-order valence-corrected chi connectivity index (χ4v) is 2.33. The van der Waals surface area contributed by atoms with Gasteiger partial charge in [-0.3, -0.25) is 4.79 Å². The van der Waals surface area contributed by atoms with Crippen molar-refractivity contribution in [3.8, 4) is 0 Å². The fraction of sp³-hybridized carbons (Fsp3) is 0.562. The lowest BCUT2D eigenvalue weighted by Crippen LogP contribution is -2.27.